The number of amides is 1. The number of likely N-dealkylation sites (N-methyl/N-ethyl adjacent to an activating group) is 1. The Hall–Kier alpha value is -2.59. The molecular formula is C25H28N2O2. The van der Waals surface area contributed by atoms with Gasteiger partial charge in [-0.2, -0.15) is 0 Å². The van der Waals surface area contributed by atoms with E-state index in [-0.39, 0.29) is 17.4 Å². The predicted molar refractivity (Wildman–Crippen MR) is 116 cm³/mol. The predicted octanol–water partition coefficient (Wildman–Crippen LogP) is 4.98. The number of carbonyl (C=O) groups is 1. The van der Waals surface area contributed by atoms with Gasteiger partial charge in [0, 0.05) is 34.6 Å². The lowest BCUT2D eigenvalue weighted by molar-refractivity contribution is -0.125. The monoisotopic (exact) mass is 388 g/mol. The first kappa shape index (κ1) is 18.4. The SMILES string of the molecule is CN1OC2=C3c4c(cccc4C(C)(C)C31)N(C(=O)C(C)(C)C)Cc1ccccc12. The van der Waals surface area contributed by atoms with Gasteiger partial charge in [-0.3, -0.25) is 4.79 Å². The number of fused-ring (bicyclic) bond motifs is 2. The van der Waals surface area contributed by atoms with Crippen molar-refractivity contribution in [2.75, 3.05) is 11.9 Å². The van der Waals surface area contributed by atoms with Crippen LogP contribution in [0.2, 0.25) is 0 Å². The largest absolute Gasteiger partial charge is 0.405 e. The highest BCUT2D eigenvalue weighted by Crippen LogP contribution is 2.57. The van der Waals surface area contributed by atoms with Gasteiger partial charge in [-0.1, -0.05) is 71.0 Å². The Bertz CT molecular complexity index is 1070. The van der Waals surface area contributed by atoms with Crippen molar-refractivity contribution in [1.82, 2.24) is 5.06 Å². The molecule has 2 aliphatic heterocycles. The second kappa shape index (κ2) is 5.73. The van der Waals surface area contributed by atoms with Gasteiger partial charge in [-0.05, 0) is 17.2 Å². The molecule has 1 amide bonds. The number of hydroxylamine groups is 2. The van der Waals surface area contributed by atoms with Crippen LogP contribution in [0.15, 0.2) is 42.5 Å². The highest BCUT2D eigenvalue weighted by atomic mass is 16.7. The number of benzene rings is 2. The normalized spacial score (nSPS) is 22.0. The van der Waals surface area contributed by atoms with E-state index < -0.39 is 5.41 Å². The van der Waals surface area contributed by atoms with Gasteiger partial charge in [-0.25, -0.2) is 0 Å². The molecule has 0 N–H and O–H groups in total. The van der Waals surface area contributed by atoms with Crippen molar-refractivity contribution in [2.45, 2.75) is 52.6 Å². The molecule has 29 heavy (non-hydrogen) atoms. The van der Waals surface area contributed by atoms with E-state index in [1.165, 1.54) is 16.7 Å². The van der Waals surface area contributed by atoms with Gasteiger partial charge in [0.2, 0.25) is 5.91 Å². The van der Waals surface area contributed by atoms with Crippen LogP contribution < -0.4 is 4.90 Å². The summed E-state index contributed by atoms with van der Waals surface area (Å²) in [5, 5.41) is 1.99. The fourth-order valence-electron chi connectivity index (χ4n) is 5.27. The number of carbonyl (C=O) groups excluding carboxylic acids is 1. The third-order valence-electron chi connectivity index (χ3n) is 6.57. The van der Waals surface area contributed by atoms with E-state index >= 15 is 0 Å². The smallest absolute Gasteiger partial charge is 0.232 e. The molecule has 4 heteroatoms. The third kappa shape index (κ3) is 2.39. The summed E-state index contributed by atoms with van der Waals surface area (Å²) in [6, 6.07) is 14.8. The van der Waals surface area contributed by atoms with E-state index in [1.807, 2.05) is 49.9 Å². The van der Waals surface area contributed by atoms with Crippen molar-refractivity contribution in [3.05, 3.63) is 64.7 Å². The van der Waals surface area contributed by atoms with Gasteiger partial charge in [-0.15, -0.1) is 5.06 Å². The van der Waals surface area contributed by atoms with Gasteiger partial charge < -0.3 is 9.74 Å². The summed E-state index contributed by atoms with van der Waals surface area (Å²) in [6.07, 6.45) is 0. The minimum absolute atomic E-state index is 0.117. The Morgan fingerprint density at radius 2 is 1.83 bits per heavy atom. The number of hydrogen-bond donors (Lipinski definition) is 0. The lowest BCUT2D eigenvalue weighted by Crippen LogP contribution is -2.40. The maximum atomic E-state index is 13.6. The fraction of sp³-hybridized carbons (Fsp3) is 0.400. The average Bonchev–Trinajstić information content (AvgIpc) is 3.12. The molecule has 3 aliphatic rings. The average molecular weight is 389 g/mol. The second-order valence-electron chi connectivity index (χ2n) is 10.0. The Kier molecular flexibility index (Phi) is 3.64. The highest BCUT2D eigenvalue weighted by molar-refractivity contribution is 6.06. The molecule has 1 aliphatic carbocycles. The van der Waals surface area contributed by atoms with Crippen molar-refractivity contribution >= 4 is 22.9 Å². The minimum Gasteiger partial charge on any atom is -0.405 e. The van der Waals surface area contributed by atoms with Crippen LogP contribution in [-0.4, -0.2) is 24.1 Å². The number of rotatable bonds is 0. The van der Waals surface area contributed by atoms with E-state index in [0.717, 1.165) is 22.6 Å². The van der Waals surface area contributed by atoms with Crippen molar-refractivity contribution in [3.63, 3.8) is 0 Å². The molecule has 0 radical (unpaired) electrons. The lowest BCUT2D eigenvalue weighted by Gasteiger charge is -2.34. The van der Waals surface area contributed by atoms with Gasteiger partial charge in [0.05, 0.1) is 18.3 Å². The molecular weight excluding hydrogens is 360 g/mol. The molecule has 1 atom stereocenters. The van der Waals surface area contributed by atoms with Crippen LogP contribution >= 0.6 is 0 Å². The molecule has 2 aromatic rings. The van der Waals surface area contributed by atoms with Crippen molar-refractivity contribution in [3.8, 4) is 0 Å². The molecule has 0 saturated heterocycles. The quantitative estimate of drug-likeness (QED) is 0.638. The van der Waals surface area contributed by atoms with Gasteiger partial charge in [0.25, 0.3) is 0 Å². The minimum atomic E-state index is -0.468. The maximum Gasteiger partial charge on any atom is 0.232 e. The number of hydrogen-bond acceptors (Lipinski definition) is 3. The third-order valence-corrected chi connectivity index (χ3v) is 6.57. The first-order valence-corrected chi connectivity index (χ1v) is 10.3. The summed E-state index contributed by atoms with van der Waals surface area (Å²) in [5.74, 6) is 1.08. The summed E-state index contributed by atoms with van der Waals surface area (Å²) in [5.41, 5.74) is 6.28. The standard InChI is InChI=1S/C25H28N2O2/c1-24(2,3)23(28)27-14-15-10-7-8-11-16(15)21-20-19-17(12-9-13-18(19)27)25(4,5)22(20)26(6)29-21/h7-13,22H,14H2,1-6H3. The Morgan fingerprint density at radius 3 is 2.55 bits per heavy atom. The van der Waals surface area contributed by atoms with Crippen LogP contribution in [0.5, 0.6) is 0 Å². The summed E-state index contributed by atoms with van der Waals surface area (Å²) in [6.45, 7) is 11.1. The van der Waals surface area contributed by atoms with Crippen LogP contribution in [0.3, 0.4) is 0 Å². The fourth-order valence-corrected chi connectivity index (χ4v) is 5.27. The lowest BCUT2D eigenvalue weighted by atomic mass is 9.82. The Labute approximate surface area is 172 Å². The van der Waals surface area contributed by atoms with Gasteiger partial charge >= 0.3 is 0 Å². The van der Waals surface area contributed by atoms with Crippen LogP contribution in [0.1, 0.15) is 56.9 Å². The van der Waals surface area contributed by atoms with E-state index in [4.69, 9.17) is 4.84 Å². The summed E-state index contributed by atoms with van der Waals surface area (Å²) < 4.78 is 0. The van der Waals surface area contributed by atoms with E-state index in [9.17, 15) is 4.79 Å². The van der Waals surface area contributed by atoms with Crippen molar-refractivity contribution in [2.24, 2.45) is 5.41 Å². The highest BCUT2D eigenvalue weighted by Gasteiger charge is 2.53. The van der Waals surface area contributed by atoms with E-state index in [0.29, 0.717) is 6.54 Å². The zero-order valence-electron chi connectivity index (χ0n) is 18.0. The molecule has 2 heterocycles. The molecule has 0 fully saturated rings. The summed E-state index contributed by atoms with van der Waals surface area (Å²) in [4.78, 5) is 21.9. The van der Waals surface area contributed by atoms with Crippen molar-refractivity contribution < 1.29 is 9.63 Å². The molecule has 4 nitrogen and oxygen atoms in total. The molecule has 2 aromatic carbocycles. The first-order chi connectivity index (χ1) is 13.6. The molecule has 0 aromatic heterocycles. The van der Waals surface area contributed by atoms with Crippen molar-refractivity contribution in [1.29, 1.82) is 0 Å². The molecule has 0 spiro atoms. The molecule has 5 rings (SSSR count). The van der Waals surface area contributed by atoms with Crippen LogP contribution in [0.4, 0.5) is 5.69 Å². The maximum absolute atomic E-state index is 13.6. The zero-order valence-corrected chi connectivity index (χ0v) is 18.0. The van der Waals surface area contributed by atoms with Crippen LogP contribution in [-0.2, 0) is 21.6 Å². The molecule has 0 saturated carbocycles. The van der Waals surface area contributed by atoms with Crippen LogP contribution in [0, 0.1) is 5.41 Å². The second-order valence-corrected chi connectivity index (χ2v) is 10.0. The van der Waals surface area contributed by atoms with Crippen LogP contribution in [0.25, 0.3) is 11.3 Å². The molecule has 0 bridgehead atoms. The topological polar surface area (TPSA) is 32.8 Å². The number of anilines is 1. The van der Waals surface area contributed by atoms with Gasteiger partial charge in [0.15, 0.2) is 5.76 Å². The van der Waals surface area contributed by atoms with Gasteiger partial charge in [0.1, 0.15) is 0 Å². The van der Waals surface area contributed by atoms with E-state index in [1.54, 1.807) is 0 Å². The molecule has 1 unspecified atom stereocenters. The first-order valence-electron chi connectivity index (χ1n) is 10.3. The van der Waals surface area contributed by atoms with E-state index in [2.05, 4.69) is 44.2 Å². The zero-order chi connectivity index (χ0) is 20.7. The molecule has 150 valence electrons. The Morgan fingerprint density at radius 1 is 1.10 bits per heavy atom. The summed E-state index contributed by atoms with van der Waals surface area (Å²) in [7, 11) is 2.02. The summed E-state index contributed by atoms with van der Waals surface area (Å²) >= 11 is 0. The Balaban J connectivity index is 1.88. The number of nitrogens with zero attached hydrogens (tertiary/aromatic N) is 2.